The first-order valence-corrected chi connectivity index (χ1v) is 10.0. The maximum Gasteiger partial charge on any atom is 0.272 e. The standard InChI is InChI=1S/C21H26N4O3/c1-2-28-18-8-4-3-7-16(18)20(26)23-11-13-24(14-12-23)21(27)17-15-22-19-9-5-6-10-25(17)19/h3-4,7-8,15H,2,5-6,9-14H2,1H3. The maximum atomic E-state index is 13.0. The number of para-hydroxylation sites is 1. The van der Waals surface area contributed by atoms with E-state index in [1.165, 1.54) is 0 Å². The van der Waals surface area contributed by atoms with Gasteiger partial charge in [-0.15, -0.1) is 0 Å². The smallest absolute Gasteiger partial charge is 0.272 e. The van der Waals surface area contributed by atoms with E-state index < -0.39 is 0 Å². The number of aromatic nitrogens is 2. The average Bonchev–Trinajstić information content (AvgIpc) is 3.18. The van der Waals surface area contributed by atoms with Crippen LogP contribution in [0.1, 0.15) is 46.4 Å². The molecule has 2 amide bonds. The number of ether oxygens (including phenoxy) is 1. The van der Waals surface area contributed by atoms with Crippen LogP contribution in [0.5, 0.6) is 5.75 Å². The number of aryl methyl sites for hydroxylation is 1. The number of benzene rings is 1. The Balaban J connectivity index is 1.41. The number of fused-ring (bicyclic) bond motifs is 1. The summed E-state index contributed by atoms with van der Waals surface area (Å²) in [7, 11) is 0. The Morgan fingerprint density at radius 1 is 1.00 bits per heavy atom. The third-order valence-corrected chi connectivity index (χ3v) is 5.46. The van der Waals surface area contributed by atoms with Crippen molar-refractivity contribution in [3.05, 3.63) is 47.5 Å². The molecule has 0 bridgehead atoms. The predicted molar refractivity (Wildman–Crippen MR) is 105 cm³/mol. The van der Waals surface area contributed by atoms with Crippen LogP contribution in [-0.2, 0) is 13.0 Å². The average molecular weight is 382 g/mol. The van der Waals surface area contributed by atoms with Crippen LogP contribution in [0, 0.1) is 0 Å². The van der Waals surface area contributed by atoms with Gasteiger partial charge in [0.05, 0.1) is 18.4 Å². The first-order valence-electron chi connectivity index (χ1n) is 10.0. The molecule has 7 heteroatoms. The molecule has 28 heavy (non-hydrogen) atoms. The van der Waals surface area contributed by atoms with Crippen molar-refractivity contribution < 1.29 is 14.3 Å². The minimum atomic E-state index is -0.0436. The highest BCUT2D eigenvalue weighted by molar-refractivity contribution is 5.97. The van der Waals surface area contributed by atoms with Crippen LogP contribution in [0.4, 0.5) is 0 Å². The van der Waals surface area contributed by atoms with Crippen molar-refractivity contribution in [3.8, 4) is 5.75 Å². The lowest BCUT2D eigenvalue weighted by Crippen LogP contribution is -2.51. The molecule has 0 radical (unpaired) electrons. The summed E-state index contributed by atoms with van der Waals surface area (Å²) in [6.07, 6.45) is 4.87. The number of piperazine rings is 1. The molecule has 2 aliphatic heterocycles. The zero-order valence-electron chi connectivity index (χ0n) is 16.3. The molecule has 0 atom stereocenters. The number of hydrogen-bond acceptors (Lipinski definition) is 4. The van der Waals surface area contributed by atoms with Gasteiger partial charge < -0.3 is 19.1 Å². The van der Waals surface area contributed by atoms with Gasteiger partial charge >= 0.3 is 0 Å². The number of nitrogens with zero attached hydrogens (tertiary/aromatic N) is 4. The van der Waals surface area contributed by atoms with Crippen molar-refractivity contribution in [2.45, 2.75) is 32.7 Å². The first kappa shape index (κ1) is 18.5. The molecule has 4 rings (SSSR count). The Kier molecular flexibility index (Phi) is 5.32. The lowest BCUT2D eigenvalue weighted by atomic mass is 10.1. The van der Waals surface area contributed by atoms with E-state index in [0.717, 1.165) is 31.6 Å². The summed E-state index contributed by atoms with van der Waals surface area (Å²) in [5.74, 6) is 1.59. The monoisotopic (exact) mass is 382 g/mol. The molecular formula is C21H26N4O3. The second-order valence-corrected chi connectivity index (χ2v) is 7.18. The predicted octanol–water partition coefficient (Wildman–Crippen LogP) is 2.22. The Morgan fingerprint density at radius 3 is 2.46 bits per heavy atom. The summed E-state index contributed by atoms with van der Waals surface area (Å²) in [4.78, 5) is 33.9. The van der Waals surface area contributed by atoms with E-state index in [1.54, 1.807) is 17.2 Å². The zero-order chi connectivity index (χ0) is 19.5. The van der Waals surface area contributed by atoms with E-state index in [2.05, 4.69) is 9.55 Å². The molecule has 2 aliphatic rings. The molecule has 3 heterocycles. The zero-order valence-corrected chi connectivity index (χ0v) is 16.3. The molecule has 1 fully saturated rings. The topological polar surface area (TPSA) is 67.7 Å². The Morgan fingerprint density at radius 2 is 1.71 bits per heavy atom. The van der Waals surface area contributed by atoms with Gasteiger partial charge in [0.25, 0.3) is 11.8 Å². The molecule has 0 saturated carbocycles. The van der Waals surface area contributed by atoms with Gasteiger partial charge in [-0.25, -0.2) is 4.98 Å². The fourth-order valence-corrected chi connectivity index (χ4v) is 3.96. The molecule has 0 N–H and O–H groups in total. The SMILES string of the molecule is CCOc1ccccc1C(=O)N1CCN(C(=O)c2cnc3n2CCCC3)CC1. The normalized spacial score (nSPS) is 16.6. The lowest BCUT2D eigenvalue weighted by Gasteiger charge is -2.35. The summed E-state index contributed by atoms with van der Waals surface area (Å²) in [6.45, 7) is 5.38. The van der Waals surface area contributed by atoms with Crippen molar-refractivity contribution >= 4 is 11.8 Å². The van der Waals surface area contributed by atoms with Crippen molar-refractivity contribution in [1.29, 1.82) is 0 Å². The van der Waals surface area contributed by atoms with Gasteiger partial charge in [0.2, 0.25) is 0 Å². The first-order chi connectivity index (χ1) is 13.7. The van der Waals surface area contributed by atoms with Crippen LogP contribution < -0.4 is 4.74 Å². The van der Waals surface area contributed by atoms with E-state index in [1.807, 2.05) is 30.0 Å². The molecular weight excluding hydrogens is 356 g/mol. The highest BCUT2D eigenvalue weighted by Gasteiger charge is 2.29. The van der Waals surface area contributed by atoms with Gasteiger partial charge in [0.15, 0.2) is 0 Å². The summed E-state index contributed by atoms with van der Waals surface area (Å²) in [6, 6.07) is 7.33. The van der Waals surface area contributed by atoms with Gasteiger partial charge in [-0.2, -0.15) is 0 Å². The lowest BCUT2D eigenvalue weighted by molar-refractivity contribution is 0.0526. The highest BCUT2D eigenvalue weighted by atomic mass is 16.5. The van der Waals surface area contributed by atoms with E-state index >= 15 is 0 Å². The molecule has 7 nitrogen and oxygen atoms in total. The fourth-order valence-electron chi connectivity index (χ4n) is 3.96. The number of carbonyl (C=O) groups is 2. The van der Waals surface area contributed by atoms with Gasteiger partial charge in [0.1, 0.15) is 17.3 Å². The minimum absolute atomic E-state index is 0.0162. The van der Waals surface area contributed by atoms with Gasteiger partial charge in [-0.3, -0.25) is 9.59 Å². The fraction of sp³-hybridized carbons (Fsp3) is 0.476. The molecule has 0 spiro atoms. The molecule has 1 saturated heterocycles. The van der Waals surface area contributed by atoms with Crippen molar-refractivity contribution in [1.82, 2.24) is 19.4 Å². The van der Waals surface area contributed by atoms with Gasteiger partial charge in [0, 0.05) is 39.1 Å². The Bertz CT molecular complexity index is 868. The molecule has 1 aromatic heterocycles. The molecule has 2 aromatic rings. The summed E-state index contributed by atoms with van der Waals surface area (Å²) in [5, 5.41) is 0. The quantitative estimate of drug-likeness (QED) is 0.813. The van der Waals surface area contributed by atoms with Crippen LogP contribution in [0.25, 0.3) is 0 Å². The number of amides is 2. The number of carbonyl (C=O) groups excluding carboxylic acids is 2. The van der Waals surface area contributed by atoms with Crippen molar-refractivity contribution in [2.24, 2.45) is 0 Å². The second-order valence-electron chi connectivity index (χ2n) is 7.18. The number of rotatable bonds is 4. The molecule has 0 unspecified atom stereocenters. The Labute approximate surface area is 164 Å². The Hall–Kier alpha value is -2.83. The molecule has 1 aromatic carbocycles. The third kappa shape index (κ3) is 3.48. The van der Waals surface area contributed by atoms with E-state index in [0.29, 0.717) is 49.8 Å². The van der Waals surface area contributed by atoms with Crippen LogP contribution in [0.2, 0.25) is 0 Å². The summed E-state index contributed by atoms with van der Waals surface area (Å²) >= 11 is 0. The van der Waals surface area contributed by atoms with Gasteiger partial charge in [-0.05, 0) is 31.9 Å². The van der Waals surface area contributed by atoms with E-state index in [9.17, 15) is 9.59 Å². The van der Waals surface area contributed by atoms with Crippen LogP contribution in [0.3, 0.4) is 0 Å². The van der Waals surface area contributed by atoms with Crippen LogP contribution in [0.15, 0.2) is 30.5 Å². The van der Waals surface area contributed by atoms with E-state index in [4.69, 9.17) is 4.74 Å². The minimum Gasteiger partial charge on any atom is -0.493 e. The molecule has 148 valence electrons. The highest BCUT2D eigenvalue weighted by Crippen LogP contribution is 2.22. The second kappa shape index (κ2) is 8.04. The van der Waals surface area contributed by atoms with Crippen LogP contribution in [-0.4, -0.2) is 64.0 Å². The van der Waals surface area contributed by atoms with Crippen molar-refractivity contribution in [2.75, 3.05) is 32.8 Å². The van der Waals surface area contributed by atoms with Gasteiger partial charge in [-0.1, -0.05) is 12.1 Å². The summed E-state index contributed by atoms with van der Waals surface area (Å²) < 4.78 is 7.65. The maximum absolute atomic E-state index is 13.0. The van der Waals surface area contributed by atoms with Crippen molar-refractivity contribution in [3.63, 3.8) is 0 Å². The third-order valence-electron chi connectivity index (χ3n) is 5.46. The number of imidazole rings is 1. The largest absolute Gasteiger partial charge is 0.493 e. The molecule has 0 aliphatic carbocycles. The number of hydrogen-bond donors (Lipinski definition) is 0. The van der Waals surface area contributed by atoms with E-state index in [-0.39, 0.29) is 11.8 Å². The summed E-state index contributed by atoms with van der Waals surface area (Å²) in [5.41, 5.74) is 1.25. The van der Waals surface area contributed by atoms with Crippen LogP contribution >= 0.6 is 0 Å².